The van der Waals surface area contributed by atoms with Crippen LogP contribution >= 0.6 is 0 Å². The molecule has 0 bridgehead atoms. The minimum absolute atomic E-state index is 0.199. The van der Waals surface area contributed by atoms with Gasteiger partial charge in [-0.3, -0.25) is 4.90 Å². The fourth-order valence-corrected chi connectivity index (χ4v) is 3.55. The van der Waals surface area contributed by atoms with Crippen LogP contribution < -0.4 is 0 Å². The first-order valence-corrected chi connectivity index (χ1v) is 7.64. The van der Waals surface area contributed by atoms with E-state index in [9.17, 15) is 13.9 Å². The maximum absolute atomic E-state index is 13.7. The summed E-state index contributed by atoms with van der Waals surface area (Å²) in [5.41, 5.74) is -0.226. The minimum Gasteiger partial charge on any atom is -0.387 e. The molecule has 1 aliphatic carbocycles. The summed E-state index contributed by atoms with van der Waals surface area (Å²) >= 11 is 0. The van der Waals surface area contributed by atoms with Gasteiger partial charge in [0.1, 0.15) is 11.6 Å². The van der Waals surface area contributed by atoms with Crippen molar-refractivity contribution in [1.82, 2.24) is 4.90 Å². The summed E-state index contributed by atoms with van der Waals surface area (Å²) in [4.78, 5) is 2.13. The zero-order valence-corrected chi connectivity index (χ0v) is 12.0. The Kier molecular flexibility index (Phi) is 4.52. The van der Waals surface area contributed by atoms with Crippen molar-refractivity contribution in [3.05, 3.63) is 35.4 Å². The molecule has 21 heavy (non-hydrogen) atoms. The quantitative estimate of drug-likeness (QED) is 0.931. The van der Waals surface area contributed by atoms with E-state index in [0.29, 0.717) is 13.2 Å². The third kappa shape index (κ3) is 3.10. The summed E-state index contributed by atoms with van der Waals surface area (Å²) in [6.45, 7) is 1.57. The third-order valence-electron chi connectivity index (χ3n) is 4.59. The molecule has 0 amide bonds. The van der Waals surface area contributed by atoms with Gasteiger partial charge in [-0.05, 0) is 25.0 Å². The zero-order valence-electron chi connectivity index (χ0n) is 12.0. The van der Waals surface area contributed by atoms with E-state index in [-0.39, 0.29) is 24.3 Å². The Morgan fingerprint density at radius 2 is 1.95 bits per heavy atom. The Morgan fingerprint density at radius 1 is 1.24 bits per heavy atom. The van der Waals surface area contributed by atoms with E-state index < -0.39 is 17.7 Å². The fourth-order valence-electron chi connectivity index (χ4n) is 3.55. The number of nitrogens with zero attached hydrogens (tertiary/aromatic N) is 1. The van der Waals surface area contributed by atoms with Crippen LogP contribution in [0.25, 0.3) is 0 Å². The molecule has 1 aromatic carbocycles. The van der Waals surface area contributed by atoms with Crippen LogP contribution in [0, 0.1) is 11.6 Å². The molecule has 1 N–H and O–H groups in total. The van der Waals surface area contributed by atoms with Crippen LogP contribution in [-0.2, 0) is 4.74 Å². The second kappa shape index (κ2) is 6.38. The number of benzene rings is 1. The number of aliphatic hydroxyl groups is 1. The van der Waals surface area contributed by atoms with Crippen molar-refractivity contribution in [3.8, 4) is 0 Å². The molecule has 3 rings (SSSR count). The molecule has 3 unspecified atom stereocenters. The average molecular weight is 297 g/mol. The van der Waals surface area contributed by atoms with E-state index in [1.54, 1.807) is 0 Å². The largest absolute Gasteiger partial charge is 0.387 e. The van der Waals surface area contributed by atoms with Crippen molar-refractivity contribution in [1.29, 1.82) is 0 Å². The van der Waals surface area contributed by atoms with Crippen molar-refractivity contribution in [2.75, 3.05) is 19.7 Å². The normalized spacial score (nSPS) is 28.1. The first-order valence-electron chi connectivity index (χ1n) is 7.64. The van der Waals surface area contributed by atoms with Gasteiger partial charge in [-0.25, -0.2) is 8.78 Å². The van der Waals surface area contributed by atoms with Gasteiger partial charge in [0.2, 0.25) is 0 Å². The van der Waals surface area contributed by atoms with Gasteiger partial charge in [-0.1, -0.05) is 18.9 Å². The number of hydrogen-bond donors (Lipinski definition) is 1. The second-order valence-electron chi connectivity index (χ2n) is 5.91. The molecule has 1 aliphatic heterocycles. The van der Waals surface area contributed by atoms with Crippen LogP contribution in [0.15, 0.2) is 18.2 Å². The highest BCUT2D eigenvalue weighted by Crippen LogP contribution is 2.30. The molecule has 1 aromatic rings. The Balaban J connectivity index is 1.73. The molecular formula is C16H21F2NO2. The first kappa shape index (κ1) is 14.9. The maximum Gasteiger partial charge on any atom is 0.131 e. The second-order valence-corrected chi connectivity index (χ2v) is 5.91. The molecule has 0 aromatic heterocycles. The summed E-state index contributed by atoms with van der Waals surface area (Å²) in [7, 11) is 0. The highest BCUT2D eigenvalue weighted by atomic mass is 19.1. The molecule has 1 saturated heterocycles. The van der Waals surface area contributed by atoms with Gasteiger partial charge in [0.15, 0.2) is 0 Å². The number of fused-ring (bicyclic) bond motifs is 1. The van der Waals surface area contributed by atoms with Crippen LogP contribution in [-0.4, -0.2) is 41.8 Å². The summed E-state index contributed by atoms with van der Waals surface area (Å²) in [6, 6.07) is 3.94. The highest BCUT2D eigenvalue weighted by molar-refractivity contribution is 5.22. The molecule has 2 fully saturated rings. The molecule has 0 radical (unpaired) electrons. The number of morpholine rings is 1. The summed E-state index contributed by atoms with van der Waals surface area (Å²) in [6.07, 6.45) is 3.42. The topological polar surface area (TPSA) is 32.7 Å². The Bertz CT molecular complexity index is 475. The molecule has 2 aliphatic rings. The third-order valence-corrected chi connectivity index (χ3v) is 4.59. The van der Waals surface area contributed by atoms with E-state index >= 15 is 0 Å². The van der Waals surface area contributed by atoms with E-state index in [4.69, 9.17) is 4.74 Å². The predicted molar refractivity (Wildman–Crippen MR) is 74.9 cm³/mol. The average Bonchev–Trinajstić information content (AvgIpc) is 2.47. The molecule has 5 heteroatoms. The fraction of sp³-hybridized carbons (Fsp3) is 0.625. The van der Waals surface area contributed by atoms with Gasteiger partial charge >= 0.3 is 0 Å². The van der Waals surface area contributed by atoms with Crippen LogP contribution in [0.2, 0.25) is 0 Å². The minimum atomic E-state index is -1.15. The van der Waals surface area contributed by atoms with Crippen molar-refractivity contribution < 1.29 is 18.6 Å². The number of aliphatic hydroxyl groups excluding tert-OH is 1. The SMILES string of the molecule is OC(CN1CCOC2CCCCC21)c1c(F)cccc1F. The smallest absolute Gasteiger partial charge is 0.131 e. The summed E-state index contributed by atoms with van der Waals surface area (Å²) in [5.74, 6) is -1.37. The highest BCUT2D eigenvalue weighted by Gasteiger charge is 2.35. The molecule has 3 nitrogen and oxygen atoms in total. The molecule has 3 atom stereocenters. The summed E-state index contributed by atoms with van der Waals surface area (Å²) < 4.78 is 33.3. The Hall–Kier alpha value is -1.04. The van der Waals surface area contributed by atoms with Gasteiger partial charge < -0.3 is 9.84 Å². The van der Waals surface area contributed by atoms with Gasteiger partial charge in [-0.15, -0.1) is 0 Å². The van der Waals surface area contributed by atoms with Crippen LogP contribution in [0.1, 0.15) is 37.4 Å². The number of rotatable bonds is 3. The van der Waals surface area contributed by atoms with Gasteiger partial charge in [0.05, 0.1) is 24.4 Å². The van der Waals surface area contributed by atoms with E-state index in [1.165, 1.54) is 24.6 Å². The van der Waals surface area contributed by atoms with E-state index in [2.05, 4.69) is 4.90 Å². The van der Waals surface area contributed by atoms with E-state index in [0.717, 1.165) is 19.3 Å². The van der Waals surface area contributed by atoms with Gasteiger partial charge in [-0.2, -0.15) is 0 Å². The zero-order chi connectivity index (χ0) is 14.8. The molecular weight excluding hydrogens is 276 g/mol. The number of β-amino-alcohol motifs (C(OH)–C–C–N with tert-alkyl or cyclic N) is 1. The van der Waals surface area contributed by atoms with Crippen molar-refractivity contribution >= 4 is 0 Å². The molecule has 116 valence electrons. The van der Waals surface area contributed by atoms with Gasteiger partial charge in [0.25, 0.3) is 0 Å². The lowest BCUT2D eigenvalue weighted by Crippen LogP contribution is -2.53. The van der Waals surface area contributed by atoms with Crippen LogP contribution in [0.3, 0.4) is 0 Å². The molecule has 1 heterocycles. The molecule has 0 spiro atoms. The van der Waals surface area contributed by atoms with Crippen molar-refractivity contribution in [3.63, 3.8) is 0 Å². The predicted octanol–water partition coefficient (Wildman–Crippen LogP) is 2.64. The maximum atomic E-state index is 13.7. The van der Waals surface area contributed by atoms with E-state index in [1.807, 2.05) is 0 Å². The number of ether oxygens (including phenoxy) is 1. The standard InChI is InChI=1S/C16H21F2NO2/c17-11-4-3-5-12(18)16(11)14(20)10-19-8-9-21-15-7-2-1-6-13(15)19/h3-5,13-15,20H,1-2,6-10H2. The first-order chi connectivity index (χ1) is 10.2. The Labute approximate surface area is 123 Å². The van der Waals surface area contributed by atoms with Gasteiger partial charge in [0, 0.05) is 19.1 Å². The monoisotopic (exact) mass is 297 g/mol. The summed E-state index contributed by atoms with van der Waals surface area (Å²) in [5, 5.41) is 10.3. The number of hydrogen-bond acceptors (Lipinski definition) is 3. The van der Waals surface area contributed by atoms with Crippen LogP contribution in [0.5, 0.6) is 0 Å². The molecule has 1 saturated carbocycles. The van der Waals surface area contributed by atoms with Crippen molar-refractivity contribution in [2.45, 2.75) is 43.9 Å². The van der Waals surface area contributed by atoms with Crippen LogP contribution in [0.4, 0.5) is 8.78 Å². The lowest BCUT2D eigenvalue weighted by atomic mass is 9.89. The number of halogens is 2. The van der Waals surface area contributed by atoms with Crippen molar-refractivity contribution in [2.24, 2.45) is 0 Å². The lowest BCUT2D eigenvalue weighted by Gasteiger charge is -2.44. The lowest BCUT2D eigenvalue weighted by molar-refractivity contribution is -0.0978. The Morgan fingerprint density at radius 3 is 2.71 bits per heavy atom.